The molecule has 4 aliphatic rings. The molecule has 4 aliphatic carbocycles. The van der Waals surface area contributed by atoms with Crippen LogP contribution in [0.4, 0.5) is 0 Å². The first kappa shape index (κ1) is 24.1. The van der Waals surface area contributed by atoms with Crippen LogP contribution in [0, 0.1) is 40.4 Å². The summed E-state index contributed by atoms with van der Waals surface area (Å²) < 4.78 is 0. The zero-order chi connectivity index (χ0) is 24.3. The van der Waals surface area contributed by atoms with Gasteiger partial charge < -0.3 is 15.4 Å². The van der Waals surface area contributed by atoms with Gasteiger partial charge in [-0.3, -0.25) is 9.59 Å². The maximum atomic E-state index is 13.1. The van der Waals surface area contributed by atoms with Crippen LogP contribution in [0.1, 0.15) is 44.4 Å². The summed E-state index contributed by atoms with van der Waals surface area (Å²) in [5.41, 5.74) is 0.327. The van der Waals surface area contributed by atoms with E-state index in [1.807, 2.05) is 23.6 Å². The van der Waals surface area contributed by atoms with E-state index in [0.717, 1.165) is 29.7 Å². The lowest BCUT2D eigenvalue weighted by atomic mass is 9.46. The zero-order valence-corrected chi connectivity index (χ0v) is 20.7. The first-order chi connectivity index (χ1) is 16.2. The Morgan fingerprint density at radius 2 is 2.12 bits per heavy atom. The maximum Gasteiger partial charge on any atom is 0.178 e. The molecular formula is C27H35NO5S. The van der Waals surface area contributed by atoms with Crippen molar-refractivity contribution in [3.8, 4) is 0 Å². The van der Waals surface area contributed by atoms with E-state index in [2.05, 4.69) is 13.8 Å². The molecule has 0 unspecified atom stereocenters. The fraction of sp³-hybridized carbons (Fsp3) is 0.630. The van der Waals surface area contributed by atoms with Crippen molar-refractivity contribution in [2.24, 2.45) is 40.4 Å². The summed E-state index contributed by atoms with van der Waals surface area (Å²) in [5.74, 6) is -0.221. The third-order valence-corrected chi connectivity index (χ3v) is 10.4. The Kier molecular flexibility index (Phi) is 6.22. The molecule has 3 N–H and O–H groups in total. The summed E-state index contributed by atoms with van der Waals surface area (Å²) >= 11 is 1.59. The number of Topliss-reactive ketones (excluding diaryl/α,β-unsaturated/α-hetero) is 1. The van der Waals surface area contributed by atoms with Crippen molar-refractivity contribution in [3.05, 3.63) is 46.2 Å². The third kappa shape index (κ3) is 3.77. The summed E-state index contributed by atoms with van der Waals surface area (Å²) in [5, 5.41) is 35.4. The molecule has 7 heteroatoms. The van der Waals surface area contributed by atoms with E-state index in [0.29, 0.717) is 19.5 Å². The smallest absolute Gasteiger partial charge is 0.178 e. The first-order valence-electron chi connectivity index (χ1n) is 12.4. The topological polar surface area (TPSA) is 98.1 Å². The highest BCUT2D eigenvalue weighted by molar-refractivity contribution is 7.09. The van der Waals surface area contributed by atoms with Crippen LogP contribution in [-0.2, 0) is 16.1 Å². The summed E-state index contributed by atoms with van der Waals surface area (Å²) in [6.45, 7) is 4.52. The van der Waals surface area contributed by atoms with Crippen molar-refractivity contribution in [3.63, 3.8) is 0 Å². The van der Waals surface area contributed by atoms with Gasteiger partial charge in [0, 0.05) is 28.7 Å². The van der Waals surface area contributed by atoms with E-state index >= 15 is 0 Å². The van der Waals surface area contributed by atoms with Gasteiger partial charge in [-0.1, -0.05) is 31.6 Å². The number of hydrogen-bond donors (Lipinski definition) is 3. The Morgan fingerprint density at radius 1 is 1.32 bits per heavy atom. The Balaban J connectivity index is 1.45. The number of rotatable bonds is 6. The second kappa shape index (κ2) is 8.79. The van der Waals surface area contributed by atoms with Gasteiger partial charge in [0.2, 0.25) is 0 Å². The number of aliphatic hydroxyl groups is 2. The lowest BCUT2D eigenvalue weighted by Gasteiger charge is -2.58. The van der Waals surface area contributed by atoms with Crippen LogP contribution in [-0.4, -0.2) is 51.3 Å². The number of ketones is 2. The van der Waals surface area contributed by atoms with E-state index in [1.54, 1.807) is 23.5 Å². The predicted molar refractivity (Wildman–Crippen MR) is 129 cm³/mol. The van der Waals surface area contributed by atoms with Crippen molar-refractivity contribution in [1.29, 1.82) is 0 Å². The van der Waals surface area contributed by atoms with Gasteiger partial charge in [0.15, 0.2) is 11.6 Å². The van der Waals surface area contributed by atoms with Crippen molar-refractivity contribution in [2.45, 2.75) is 52.2 Å². The van der Waals surface area contributed by atoms with E-state index in [4.69, 9.17) is 0 Å². The van der Waals surface area contributed by atoms with Gasteiger partial charge in [-0.2, -0.15) is 5.06 Å². The number of thiophene rings is 1. The molecule has 3 saturated carbocycles. The fourth-order valence-corrected chi connectivity index (χ4v) is 9.05. The summed E-state index contributed by atoms with van der Waals surface area (Å²) in [6, 6.07) is 3.94. The molecule has 1 heterocycles. The van der Waals surface area contributed by atoms with E-state index in [9.17, 15) is 25.0 Å². The molecular weight excluding hydrogens is 450 g/mol. The van der Waals surface area contributed by atoms with Gasteiger partial charge in [0.1, 0.15) is 6.61 Å². The molecule has 184 valence electrons. The van der Waals surface area contributed by atoms with Gasteiger partial charge in [-0.25, -0.2) is 0 Å². The van der Waals surface area contributed by atoms with Crippen LogP contribution >= 0.6 is 11.3 Å². The number of carbonyl (C=O) groups excluding carboxylic acids is 2. The van der Waals surface area contributed by atoms with Crippen molar-refractivity contribution in [1.82, 2.24) is 5.06 Å². The zero-order valence-electron chi connectivity index (χ0n) is 19.9. The largest absolute Gasteiger partial charge is 0.393 e. The lowest BCUT2D eigenvalue weighted by Crippen LogP contribution is -2.56. The number of carbonyl (C=O) groups is 2. The number of allylic oxidation sites excluding steroid dienone is 4. The summed E-state index contributed by atoms with van der Waals surface area (Å²) in [7, 11) is 0. The van der Waals surface area contributed by atoms with Crippen LogP contribution in [0.15, 0.2) is 41.3 Å². The van der Waals surface area contributed by atoms with Gasteiger partial charge >= 0.3 is 0 Å². The minimum Gasteiger partial charge on any atom is -0.393 e. The average molecular weight is 486 g/mol. The molecule has 0 radical (unpaired) electrons. The number of nitrogens with zero attached hydrogens (tertiary/aromatic N) is 1. The predicted octanol–water partition coefficient (Wildman–Crippen LogP) is 3.62. The van der Waals surface area contributed by atoms with Crippen molar-refractivity contribution < 1.29 is 25.0 Å². The molecule has 8 atom stereocenters. The number of fused-ring (bicyclic) bond motifs is 5. The number of hydrogen-bond acceptors (Lipinski definition) is 7. The van der Waals surface area contributed by atoms with E-state index in [-0.39, 0.29) is 40.7 Å². The SMILES string of the molecule is C[C@]12C[C@H](O)[C@H]3[C@@H](CCC4=CC(=O)C=C[C@@]43C)[C@@H]1C[C@@H](CN(O)Cc1cccs1)[C@@H]2C(=O)CO. The lowest BCUT2D eigenvalue weighted by molar-refractivity contribution is -0.146. The molecule has 3 fully saturated rings. The van der Waals surface area contributed by atoms with Gasteiger partial charge in [-0.15, -0.1) is 11.3 Å². The second-order valence-corrected chi connectivity index (χ2v) is 12.4. The maximum absolute atomic E-state index is 13.1. The molecule has 0 saturated heterocycles. The second-order valence-electron chi connectivity index (χ2n) is 11.3. The highest BCUT2D eigenvalue weighted by atomic mass is 32.1. The van der Waals surface area contributed by atoms with Gasteiger partial charge in [0.05, 0.1) is 12.6 Å². The number of aliphatic hydroxyl groups excluding tert-OH is 2. The molecule has 0 aromatic carbocycles. The van der Waals surface area contributed by atoms with Crippen LogP contribution in [0.2, 0.25) is 0 Å². The van der Waals surface area contributed by atoms with Crippen LogP contribution in [0.3, 0.4) is 0 Å². The van der Waals surface area contributed by atoms with Crippen LogP contribution in [0.25, 0.3) is 0 Å². The molecule has 1 aromatic heterocycles. The Morgan fingerprint density at radius 3 is 2.82 bits per heavy atom. The molecule has 0 spiro atoms. The molecule has 0 amide bonds. The number of hydroxylamine groups is 2. The molecule has 0 bridgehead atoms. The molecule has 1 aromatic rings. The first-order valence-corrected chi connectivity index (χ1v) is 13.3. The molecule has 0 aliphatic heterocycles. The highest BCUT2D eigenvalue weighted by Gasteiger charge is 2.64. The molecule has 5 rings (SSSR count). The monoisotopic (exact) mass is 485 g/mol. The Hall–Kier alpha value is -1.64. The van der Waals surface area contributed by atoms with Crippen LogP contribution in [0.5, 0.6) is 0 Å². The average Bonchev–Trinajstić information content (AvgIpc) is 3.38. The van der Waals surface area contributed by atoms with Gasteiger partial charge in [-0.05, 0) is 72.5 Å². The van der Waals surface area contributed by atoms with Crippen molar-refractivity contribution in [2.75, 3.05) is 13.2 Å². The van der Waals surface area contributed by atoms with Crippen LogP contribution < -0.4 is 0 Å². The quantitative estimate of drug-likeness (QED) is 0.533. The normalized spacial score (nSPS) is 41.1. The fourth-order valence-electron chi connectivity index (χ4n) is 8.33. The van der Waals surface area contributed by atoms with E-state index in [1.165, 1.54) is 5.06 Å². The standard InChI is InChI=1S/C27H35NO5S/c1-26-8-7-18(30)11-17(26)5-6-20-21-10-16(13-28(33)14-19-4-3-9-34-19)24(23(32)15-29)27(21,2)12-22(31)25(20)26/h3-4,7-9,11,16,20-22,24-25,29,31,33H,5-6,10,12-15H2,1-2H3/t16-,20-,21-,22-,24+,25+,26-,27-/m0/s1. The van der Waals surface area contributed by atoms with E-state index < -0.39 is 24.0 Å². The summed E-state index contributed by atoms with van der Waals surface area (Å²) in [4.78, 5) is 26.2. The minimum atomic E-state index is -0.595. The Labute approximate surface area is 204 Å². The van der Waals surface area contributed by atoms with Gasteiger partial charge in [0.25, 0.3) is 0 Å². The van der Waals surface area contributed by atoms with Crippen molar-refractivity contribution >= 4 is 22.9 Å². The Bertz CT molecular complexity index is 1020. The minimum absolute atomic E-state index is 0.00472. The third-order valence-electron chi connectivity index (χ3n) is 9.54. The summed E-state index contributed by atoms with van der Waals surface area (Å²) in [6.07, 6.45) is 7.77. The molecule has 6 nitrogen and oxygen atoms in total. The highest BCUT2D eigenvalue weighted by Crippen LogP contribution is 2.67. The molecule has 34 heavy (non-hydrogen) atoms.